The van der Waals surface area contributed by atoms with Crippen LogP contribution in [0.4, 0.5) is 5.95 Å². The fourth-order valence-corrected chi connectivity index (χ4v) is 3.46. The van der Waals surface area contributed by atoms with Gasteiger partial charge in [0.05, 0.1) is 12.2 Å². The van der Waals surface area contributed by atoms with E-state index in [2.05, 4.69) is 31.3 Å². The number of carbonyl (C=O) groups is 2. The van der Waals surface area contributed by atoms with E-state index in [0.29, 0.717) is 25.5 Å². The summed E-state index contributed by atoms with van der Waals surface area (Å²) in [6.45, 7) is 7.11. The van der Waals surface area contributed by atoms with Crippen LogP contribution in [0.1, 0.15) is 24.5 Å². The zero-order valence-electron chi connectivity index (χ0n) is 20.1. The molecular weight excluding hydrogens is 414 g/mol. The highest BCUT2D eigenvalue weighted by molar-refractivity contribution is 5.93. The van der Waals surface area contributed by atoms with Crippen molar-refractivity contribution in [2.45, 2.75) is 27.2 Å². The molecule has 7 heteroatoms. The second kappa shape index (κ2) is 10.9. The van der Waals surface area contributed by atoms with Crippen LogP contribution in [0.25, 0.3) is 16.9 Å². The number of hydrogen-bond acceptors (Lipinski definition) is 4. The van der Waals surface area contributed by atoms with E-state index in [1.807, 2.05) is 73.1 Å². The number of benzene rings is 2. The van der Waals surface area contributed by atoms with Crippen LogP contribution in [0.15, 0.2) is 54.7 Å². The monoisotopic (exact) mass is 447 g/mol. The van der Waals surface area contributed by atoms with Gasteiger partial charge in [0.15, 0.2) is 0 Å². The number of anilines is 1. The van der Waals surface area contributed by atoms with Gasteiger partial charge in [-0.15, -0.1) is 0 Å². The van der Waals surface area contributed by atoms with E-state index in [-0.39, 0.29) is 18.4 Å². The first-order valence-corrected chi connectivity index (χ1v) is 11.2. The number of imidazole rings is 1. The standard InChI is InChI=1S/C26H33N5O2/c1-6-25(33)30(15-14-29(4)5)18-24(32)28-26-27-23(21-10-8-7-9-11-21)17-31(26)22-13-12-19(2)20(3)16-22/h7-13,16-17H,6,14-15,18H2,1-5H3,(H,27,28,32). The Balaban J connectivity index is 1.90. The predicted molar refractivity (Wildman–Crippen MR) is 133 cm³/mol. The van der Waals surface area contributed by atoms with E-state index in [1.165, 1.54) is 5.56 Å². The second-order valence-electron chi connectivity index (χ2n) is 8.47. The summed E-state index contributed by atoms with van der Waals surface area (Å²) in [4.78, 5) is 33.6. The van der Waals surface area contributed by atoms with Crippen LogP contribution in [-0.2, 0) is 9.59 Å². The molecule has 0 saturated carbocycles. The van der Waals surface area contributed by atoms with Crippen molar-refractivity contribution in [1.82, 2.24) is 19.4 Å². The molecule has 7 nitrogen and oxygen atoms in total. The maximum Gasteiger partial charge on any atom is 0.246 e. The van der Waals surface area contributed by atoms with Crippen molar-refractivity contribution in [1.29, 1.82) is 0 Å². The number of aryl methyl sites for hydroxylation is 2. The second-order valence-corrected chi connectivity index (χ2v) is 8.47. The summed E-state index contributed by atoms with van der Waals surface area (Å²) < 4.78 is 1.89. The van der Waals surface area contributed by atoms with Crippen LogP contribution in [0, 0.1) is 13.8 Å². The Morgan fingerprint density at radius 2 is 1.73 bits per heavy atom. The van der Waals surface area contributed by atoms with Crippen LogP contribution in [0.3, 0.4) is 0 Å². The Kier molecular flexibility index (Phi) is 8.01. The number of amides is 2. The lowest BCUT2D eigenvalue weighted by molar-refractivity contribution is -0.134. The summed E-state index contributed by atoms with van der Waals surface area (Å²) in [5, 5.41) is 2.94. The van der Waals surface area contributed by atoms with Gasteiger partial charge in [0.1, 0.15) is 0 Å². The smallest absolute Gasteiger partial charge is 0.246 e. The SMILES string of the molecule is CCC(=O)N(CCN(C)C)CC(=O)Nc1nc(-c2ccccc2)cn1-c1ccc(C)c(C)c1. The van der Waals surface area contributed by atoms with Crippen LogP contribution in [0.2, 0.25) is 0 Å². The number of nitrogens with zero attached hydrogens (tertiary/aromatic N) is 4. The predicted octanol–water partition coefficient (Wildman–Crippen LogP) is 3.89. The van der Waals surface area contributed by atoms with Crippen LogP contribution < -0.4 is 5.32 Å². The van der Waals surface area contributed by atoms with E-state index >= 15 is 0 Å². The number of aromatic nitrogens is 2. The van der Waals surface area contributed by atoms with Gasteiger partial charge in [-0.3, -0.25) is 19.5 Å². The van der Waals surface area contributed by atoms with Gasteiger partial charge in [0, 0.05) is 37.0 Å². The topological polar surface area (TPSA) is 70.5 Å². The van der Waals surface area contributed by atoms with Crippen LogP contribution in [0.5, 0.6) is 0 Å². The highest BCUT2D eigenvalue weighted by Gasteiger charge is 2.19. The minimum absolute atomic E-state index is 0.0129. The van der Waals surface area contributed by atoms with Gasteiger partial charge in [-0.1, -0.05) is 43.3 Å². The number of hydrogen-bond donors (Lipinski definition) is 1. The molecule has 0 radical (unpaired) electrons. The molecule has 0 aliphatic heterocycles. The van der Waals surface area contributed by atoms with Gasteiger partial charge in [-0.2, -0.15) is 0 Å². The summed E-state index contributed by atoms with van der Waals surface area (Å²) in [7, 11) is 3.89. The third-order valence-corrected chi connectivity index (χ3v) is 5.60. The average molecular weight is 448 g/mol. The maximum atomic E-state index is 13.0. The minimum Gasteiger partial charge on any atom is -0.332 e. The summed E-state index contributed by atoms with van der Waals surface area (Å²) in [5.41, 5.74) is 4.99. The fourth-order valence-electron chi connectivity index (χ4n) is 3.46. The lowest BCUT2D eigenvalue weighted by Gasteiger charge is -2.23. The quantitative estimate of drug-likeness (QED) is 0.540. The van der Waals surface area contributed by atoms with Crippen molar-refractivity contribution >= 4 is 17.8 Å². The maximum absolute atomic E-state index is 13.0. The molecule has 1 N–H and O–H groups in total. The van der Waals surface area contributed by atoms with E-state index in [9.17, 15) is 9.59 Å². The molecule has 3 rings (SSSR count). The average Bonchev–Trinajstić information content (AvgIpc) is 3.22. The number of nitrogens with one attached hydrogen (secondary N) is 1. The molecule has 174 valence electrons. The van der Waals surface area contributed by atoms with Gasteiger partial charge in [0.25, 0.3) is 0 Å². The van der Waals surface area contributed by atoms with Crippen molar-refractivity contribution < 1.29 is 9.59 Å². The first-order valence-electron chi connectivity index (χ1n) is 11.2. The molecule has 0 bridgehead atoms. The van der Waals surface area contributed by atoms with Gasteiger partial charge >= 0.3 is 0 Å². The first kappa shape index (κ1) is 24.2. The normalized spacial score (nSPS) is 11.0. The molecule has 0 unspecified atom stereocenters. The van der Waals surface area contributed by atoms with Crippen molar-refractivity contribution in [2.75, 3.05) is 39.0 Å². The third-order valence-electron chi connectivity index (χ3n) is 5.60. The summed E-state index contributed by atoms with van der Waals surface area (Å²) in [6.07, 6.45) is 2.28. The molecule has 33 heavy (non-hydrogen) atoms. The van der Waals surface area contributed by atoms with Crippen molar-refractivity contribution in [2.24, 2.45) is 0 Å². The highest BCUT2D eigenvalue weighted by Crippen LogP contribution is 2.25. The molecule has 0 spiro atoms. The summed E-state index contributed by atoms with van der Waals surface area (Å²) in [6, 6.07) is 16.0. The minimum atomic E-state index is -0.272. The molecule has 0 atom stereocenters. The zero-order chi connectivity index (χ0) is 24.0. The van der Waals surface area contributed by atoms with E-state index in [0.717, 1.165) is 22.5 Å². The molecule has 0 aliphatic carbocycles. The summed E-state index contributed by atoms with van der Waals surface area (Å²) in [5.74, 6) is 0.110. The molecule has 1 heterocycles. The van der Waals surface area contributed by atoms with E-state index < -0.39 is 0 Å². The third kappa shape index (κ3) is 6.29. The molecule has 0 aliphatic rings. The Morgan fingerprint density at radius 1 is 1.00 bits per heavy atom. The summed E-state index contributed by atoms with van der Waals surface area (Å²) >= 11 is 0. The van der Waals surface area contributed by atoms with E-state index in [4.69, 9.17) is 4.98 Å². The van der Waals surface area contributed by atoms with Gasteiger partial charge in [-0.05, 0) is 51.2 Å². The Morgan fingerprint density at radius 3 is 2.36 bits per heavy atom. The van der Waals surface area contributed by atoms with Gasteiger partial charge < -0.3 is 9.80 Å². The largest absolute Gasteiger partial charge is 0.332 e. The van der Waals surface area contributed by atoms with Gasteiger partial charge in [-0.25, -0.2) is 4.98 Å². The van der Waals surface area contributed by atoms with Crippen LogP contribution >= 0.6 is 0 Å². The molecule has 0 fully saturated rings. The molecule has 2 amide bonds. The van der Waals surface area contributed by atoms with Gasteiger partial charge in [0.2, 0.25) is 17.8 Å². The fraction of sp³-hybridized carbons (Fsp3) is 0.346. The number of carbonyl (C=O) groups excluding carboxylic acids is 2. The molecule has 0 saturated heterocycles. The first-order chi connectivity index (χ1) is 15.8. The molecule has 2 aromatic carbocycles. The number of rotatable bonds is 9. The Hall–Kier alpha value is -3.45. The lowest BCUT2D eigenvalue weighted by Crippen LogP contribution is -2.41. The number of likely N-dealkylation sites (N-methyl/N-ethyl adjacent to an activating group) is 1. The molecule has 3 aromatic rings. The molecule has 1 aromatic heterocycles. The Bertz CT molecular complexity index is 1110. The highest BCUT2D eigenvalue weighted by atomic mass is 16.2. The zero-order valence-corrected chi connectivity index (χ0v) is 20.1. The molecular formula is C26H33N5O2. The van der Waals surface area contributed by atoms with Crippen molar-refractivity contribution in [3.8, 4) is 16.9 Å². The van der Waals surface area contributed by atoms with Crippen LogP contribution in [-0.4, -0.2) is 64.9 Å². The Labute approximate surface area is 196 Å². The van der Waals surface area contributed by atoms with E-state index in [1.54, 1.807) is 4.90 Å². The van der Waals surface area contributed by atoms with Crippen molar-refractivity contribution in [3.05, 3.63) is 65.9 Å². The lowest BCUT2D eigenvalue weighted by atomic mass is 10.1. The van der Waals surface area contributed by atoms with Crippen molar-refractivity contribution in [3.63, 3.8) is 0 Å².